The van der Waals surface area contributed by atoms with Crippen LogP contribution in [0, 0.1) is 16.7 Å². The number of rotatable bonds is 2. The van der Waals surface area contributed by atoms with Crippen molar-refractivity contribution in [1.82, 2.24) is 0 Å². The van der Waals surface area contributed by atoms with Crippen LogP contribution >= 0.6 is 0 Å². The SMILES string of the molecule is CC1(C)C2CCC1(Cc1ccccc1)C(=O)C2. The van der Waals surface area contributed by atoms with Crippen LogP contribution in [-0.4, -0.2) is 5.78 Å². The summed E-state index contributed by atoms with van der Waals surface area (Å²) in [5.74, 6) is 1.14. The molecule has 0 amide bonds. The number of ketones is 1. The van der Waals surface area contributed by atoms with E-state index in [2.05, 4.69) is 38.1 Å². The molecule has 0 aliphatic heterocycles. The van der Waals surface area contributed by atoms with Crippen LogP contribution in [-0.2, 0) is 11.2 Å². The molecule has 2 aliphatic rings. The quantitative estimate of drug-likeness (QED) is 0.755. The minimum atomic E-state index is -0.0704. The highest BCUT2D eigenvalue weighted by Crippen LogP contribution is 2.64. The fraction of sp³-hybridized carbons (Fsp3) is 0.562. The van der Waals surface area contributed by atoms with Crippen LogP contribution in [0.4, 0.5) is 0 Å². The van der Waals surface area contributed by atoms with E-state index < -0.39 is 0 Å². The zero-order valence-electron chi connectivity index (χ0n) is 10.7. The van der Waals surface area contributed by atoms with Gasteiger partial charge in [0.2, 0.25) is 0 Å². The van der Waals surface area contributed by atoms with E-state index in [1.807, 2.05) is 6.07 Å². The highest BCUT2D eigenvalue weighted by atomic mass is 16.1. The van der Waals surface area contributed by atoms with Crippen molar-refractivity contribution in [3.8, 4) is 0 Å². The molecule has 0 radical (unpaired) electrons. The van der Waals surface area contributed by atoms with Crippen molar-refractivity contribution < 1.29 is 4.79 Å². The van der Waals surface area contributed by atoms with Crippen molar-refractivity contribution in [2.45, 2.75) is 39.5 Å². The van der Waals surface area contributed by atoms with Gasteiger partial charge in [0.1, 0.15) is 5.78 Å². The molecular weight excluding hydrogens is 208 g/mol. The van der Waals surface area contributed by atoms with Gasteiger partial charge in [-0.1, -0.05) is 44.2 Å². The number of carbonyl (C=O) groups excluding carboxylic acids is 1. The maximum absolute atomic E-state index is 12.4. The lowest BCUT2D eigenvalue weighted by Gasteiger charge is -2.36. The van der Waals surface area contributed by atoms with E-state index in [4.69, 9.17) is 0 Å². The van der Waals surface area contributed by atoms with Gasteiger partial charge in [0, 0.05) is 11.8 Å². The van der Waals surface area contributed by atoms with Gasteiger partial charge < -0.3 is 0 Å². The molecule has 1 heteroatoms. The summed E-state index contributed by atoms with van der Waals surface area (Å²) in [6.07, 6.45) is 4.10. The largest absolute Gasteiger partial charge is 0.299 e. The molecule has 1 aromatic carbocycles. The lowest BCUT2D eigenvalue weighted by atomic mass is 9.66. The number of fused-ring (bicyclic) bond motifs is 2. The Labute approximate surface area is 103 Å². The maximum Gasteiger partial charge on any atom is 0.140 e. The minimum Gasteiger partial charge on any atom is -0.299 e. The summed E-state index contributed by atoms with van der Waals surface area (Å²) in [5, 5.41) is 0. The molecule has 0 aromatic heterocycles. The monoisotopic (exact) mass is 228 g/mol. The highest BCUT2D eigenvalue weighted by Gasteiger charge is 2.63. The topological polar surface area (TPSA) is 17.1 Å². The van der Waals surface area contributed by atoms with Crippen LogP contribution in [0.25, 0.3) is 0 Å². The average Bonchev–Trinajstić information content (AvgIpc) is 2.64. The standard InChI is InChI=1S/C16H20O/c1-15(2)13-8-9-16(15,14(17)10-13)11-12-6-4-3-5-7-12/h3-7,13H,8-11H2,1-2H3. The van der Waals surface area contributed by atoms with Gasteiger partial charge in [-0.25, -0.2) is 0 Å². The van der Waals surface area contributed by atoms with Crippen molar-refractivity contribution in [1.29, 1.82) is 0 Å². The van der Waals surface area contributed by atoms with E-state index in [0.717, 1.165) is 19.3 Å². The maximum atomic E-state index is 12.4. The third-order valence-corrected chi connectivity index (χ3v) is 5.49. The minimum absolute atomic E-state index is 0.0704. The van der Waals surface area contributed by atoms with E-state index in [1.54, 1.807) is 0 Å². The molecule has 0 N–H and O–H groups in total. The van der Waals surface area contributed by atoms with Gasteiger partial charge in [0.15, 0.2) is 0 Å². The van der Waals surface area contributed by atoms with E-state index in [0.29, 0.717) is 11.7 Å². The normalized spacial score (nSPS) is 34.2. The van der Waals surface area contributed by atoms with Crippen LogP contribution < -0.4 is 0 Å². The Kier molecular flexibility index (Phi) is 2.23. The molecule has 0 heterocycles. The van der Waals surface area contributed by atoms with Crippen LogP contribution in [0.1, 0.15) is 38.7 Å². The van der Waals surface area contributed by atoms with Crippen LogP contribution in [0.3, 0.4) is 0 Å². The predicted molar refractivity (Wildman–Crippen MR) is 68.7 cm³/mol. The second-order valence-electron chi connectivity index (χ2n) is 6.33. The number of carbonyl (C=O) groups is 1. The van der Waals surface area contributed by atoms with Gasteiger partial charge in [0.05, 0.1) is 0 Å². The third-order valence-electron chi connectivity index (χ3n) is 5.49. The zero-order valence-corrected chi connectivity index (χ0v) is 10.7. The Hall–Kier alpha value is -1.11. The Bertz CT molecular complexity index is 446. The van der Waals surface area contributed by atoms with Crippen LogP contribution in [0.15, 0.2) is 30.3 Å². The summed E-state index contributed by atoms with van der Waals surface area (Å²) in [7, 11) is 0. The zero-order chi connectivity index (χ0) is 12.1. The molecule has 2 aliphatic carbocycles. The van der Waals surface area contributed by atoms with Crippen molar-refractivity contribution in [3.63, 3.8) is 0 Å². The molecule has 1 aromatic rings. The smallest absolute Gasteiger partial charge is 0.140 e. The molecule has 2 unspecified atom stereocenters. The number of benzene rings is 1. The average molecular weight is 228 g/mol. The van der Waals surface area contributed by atoms with Gasteiger partial charge in [-0.3, -0.25) is 4.79 Å². The molecule has 0 saturated heterocycles. The van der Waals surface area contributed by atoms with Gasteiger partial charge in [-0.15, -0.1) is 0 Å². The summed E-state index contributed by atoms with van der Waals surface area (Å²) in [6.45, 7) is 4.61. The lowest BCUT2D eigenvalue weighted by Crippen LogP contribution is -2.37. The summed E-state index contributed by atoms with van der Waals surface area (Å²) >= 11 is 0. The van der Waals surface area contributed by atoms with Crippen molar-refractivity contribution in [2.24, 2.45) is 16.7 Å². The highest BCUT2D eigenvalue weighted by molar-refractivity contribution is 5.90. The van der Waals surface area contributed by atoms with Crippen molar-refractivity contribution in [2.75, 3.05) is 0 Å². The fourth-order valence-electron chi connectivity index (χ4n) is 4.13. The second kappa shape index (κ2) is 3.44. The predicted octanol–water partition coefficient (Wildman–Crippen LogP) is 3.62. The first-order chi connectivity index (χ1) is 8.06. The molecule has 17 heavy (non-hydrogen) atoms. The van der Waals surface area contributed by atoms with Crippen molar-refractivity contribution in [3.05, 3.63) is 35.9 Å². The van der Waals surface area contributed by atoms with Crippen LogP contribution in [0.2, 0.25) is 0 Å². The summed E-state index contributed by atoms with van der Waals surface area (Å²) in [4.78, 5) is 12.4. The lowest BCUT2D eigenvalue weighted by molar-refractivity contribution is -0.129. The number of hydrogen-bond donors (Lipinski definition) is 0. The second-order valence-corrected chi connectivity index (χ2v) is 6.33. The fourth-order valence-corrected chi connectivity index (χ4v) is 4.13. The molecule has 2 bridgehead atoms. The van der Waals surface area contributed by atoms with Gasteiger partial charge in [-0.2, -0.15) is 0 Å². The van der Waals surface area contributed by atoms with Gasteiger partial charge in [0.25, 0.3) is 0 Å². The van der Waals surface area contributed by atoms with E-state index >= 15 is 0 Å². The first-order valence-electron chi connectivity index (χ1n) is 6.63. The Morgan fingerprint density at radius 3 is 2.47 bits per heavy atom. The van der Waals surface area contributed by atoms with E-state index in [9.17, 15) is 4.79 Å². The number of Topliss-reactive ketones (excluding diaryl/α,β-unsaturated/α-hetero) is 1. The van der Waals surface area contributed by atoms with Gasteiger partial charge in [-0.05, 0) is 36.2 Å². The molecule has 2 fully saturated rings. The van der Waals surface area contributed by atoms with E-state index in [-0.39, 0.29) is 10.8 Å². The van der Waals surface area contributed by atoms with Gasteiger partial charge >= 0.3 is 0 Å². The molecule has 1 nitrogen and oxygen atoms in total. The number of hydrogen-bond acceptors (Lipinski definition) is 1. The Morgan fingerprint density at radius 2 is 1.94 bits per heavy atom. The van der Waals surface area contributed by atoms with Crippen molar-refractivity contribution >= 4 is 5.78 Å². The molecule has 0 spiro atoms. The summed E-state index contributed by atoms with van der Waals surface area (Å²) in [6, 6.07) is 10.5. The Balaban J connectivity index is 1.98. The summed E-state index contributed by atoms with van der Waals surface area (Å²) in [5.41, 5.74) is 1.44. The van der Waals surface area contributed by atoms with E-state index in [1.165, 1.54) is 12.0 Å². The third kappa shape index (κ3) is 1.34. The Morgan fingerprint density at radius 1 is 1.24 bits per heavy atom. The molecule has 2 atom stereocenters. The first kappa shape index (κ1) is 11.0. The molecule has 90 valence electrons. The molecule has 2 saturated carbocycles. The molecule has 3 rings (SSSR count). The molecular formula is C16H20O. The first-order valence-corrected chi connectivity index (χ1v) is 6.63. The summed E-state index contributed by atoms with van der Waals surface area (Å²) < 4.78 is 0. The van der Waals surface area contributed by atoms with Crippen LogP contribution in [0.5, 0.6) is 0 Å².